The molecule has 0 spiro atoms. The quantitative estimate of drug-likeness (QED) is 0.686. The molecule has 0 aromatic carbocycles. The van der Waals surface area contributed by atoms with E-state index >= 15 is 0 Å². The van der Waals surface area contributed by atoms with E-state index < -0.39 is 5.97 Å². The molecule has 0 unspecified atom stereocenters. The lowest BCUT2D eigenvalue weighted by molar-refractivity contribution is 0.0527. The van der Waals surface area contributed by atoms with Crippen LogP contribution in [0.15, 0.2) is 6.20 Å². The first-order chi connectivity index (χ1) is 10.1. The average Bonchev–Trinajstić information content (AvgIpc) is 2.75. The molecule has 2 rings (SSSR count). The van der Waals surface area contributed by atoms with Crippen LogP contribution in [0.25, 0.3) is 11.0 Å². The van der Waals surface area contributed by atoms with Crippen molar-refractivity contribution in [2.45, 2.75) is 20.8 Å². The maximum Gasteiger partial charge on any atom is 0.341 e. The van der Waals surface area contributed by atoms with Crippen LogP contribution in [0.2, 0.25) is 0 Å². The van der Waals surface area contributed by atoms with E-state index in [-0.39, 0.29) is 0 Å². The molecule has 0 aliphatic heterocycles. The third kappa shape index (κ3) is 2.82. The Balaban J connectivity index is 2.60. The lowest BCUT2D eigenvalue weighted by Crippen LogP contribution is -2.11. The van der Waals surface area contributed by atoms with Crippen molar-refractivity contribution >= 4 is 22.7 Å². The molecule has 21 heavy (non-hydrogen) atoms. The summed E-state index contributed by atoms with van der Waals surface area (Å²) in [6.07, 6.45) is 1.52. The number of hydrogen-bond donors (Lipinski definition) is 1. The first kappa shape index (κ1) is 14.9. The molecule has 2 aromatic rings. The van der Waals surface area contributed by atoms with Crippen molar-refractivity contribution in [2.24, 2.45) is 7.05 Å². The van der Waals surface area contributed by atoms with E-state index in [0.29, 0.717) is 30.0 Å². The number of pyridine rings is 1. The Hall–Kier alpha value is -2.55. The summed E-state index contributed by atoms with van der Waals surface area (Å²) in [5.74, 6) is 5.34. The molecular formula is C15H18N4O2. The van der Waals surface area contributed by atoms with Gasteiger partial charge in [0.05, 0.1) is 29.9 Å². The fourth-order valence-corrected chi connectivity index (χ4v) is 2.18. The molecule has 6 heteroatoms. The van der Waals surface area contributed by atoms with Gasteiger partial charge < -0.3 is 10.1 Å². The number of aryl methyl sites for hydroxylation is 2. The Morgan fingerprint density at radius 3 is 2.95 bits per heavy atom. The standard InChI is InChI=1S/C15H18N4O2/c1-5-7-8-16-13-11(15(20)21-6-2)9-17-14-12(13)10(3)18-19(14)4/h9H,6,8H2,1-4H3,(H,16,17). The van der Waals surface area contributed by atoms with Crippen molar-refractivity contribution in [3.8, 4) is 11.8 Å². The third-order valence-corrected chi connectivity index (χ3v) is 3.05. The van der Waals surface area contributed by atoms with Gasteiger partial charge in [0.15, 0.2) is 5.65 Å². The summed E-state index contributed by atoms with van der Waals surface area (Å²) in [6.45, 7) is 6.18. The predicted octanol–water partition coefficient (Wildman–Crippen LogP) is 1.89. The van der Waals surface area contributed by atoms with E-state index in [1.54, 1.807) is 18.5 Å². The van der Waals surface area contributed by atoms with Crippen molar-refractivity contribution in [1.29, 1.82) is 0 Å². The van der Waals surface area contributed by atoms with Gasteiger partial charge in [0.1, 0.15) is 5.56 Å². The van der Waals surface area contributed by atoms with Gasteiger partial charge in [-0.3, -0.25) is 4.68 Å². The molecule has 0 atom stereocenters. The number of fused-ring (bicyclic) bond motifs is 1. The molecule has 2 aromatic heterocycles. The molecule has 0 fully saturated rings. The first-order valence-corrected chi connectivity index (χ1v) is 6.73. The molecule has 0 radical (unpaired) electrons. The number of anilines is 1. The zero-order chi connectivity index (χ0) is 15.4. The molecule has 1 N–H and O–H groups in total. The molecule has 0 saturated carbocycles. The number of hydrogen-bond acceptors (Lipinski definition) is 5. The minimum atomic E-state index is -0.401. The number of nitrogens with one attached hydrogen (secondary N) is 1. The van der Waals surface area contributed by atoms with Crippen LogP contribution >= 0.6 is 0 Å². The number of aromatic nitrogens is 3. The Morgan fingerprint density at radius 2 is 2.29 bits per heavy atom. The number of nitrogens with zero attached hydrogens (tertiary/aromatic N) is 3. The van der Waals surface area contributed by atoms with E-state index in [2.05, 4.69) is 27.2 Å². The summed E-state index contributed by atoms with van der Waals surface area (Å²) in [5, 5.41) is 8.35. The molecule has 6 nitrogen and oxygen atoms in total. The lowest BCUT2D eigenvalue weighted by Gasteiger charge is -2.11. The van der Waals surface area contributed by atoms with Crippen LogP contribution in [0, 0.1) is 18.8 Å². The van der Waals surface area contributed by atoms with Crippen LogP contribution in [0.4, 0.5) is 5.69 Å². The molecule has 0 saturated heterocycles. The summed E-state index contributed by atoms with van der Waals surface area (Å²) in [4.78, 5) is 16.4. The third-order valence-electron chi connectivity index (χ3n) is 3.05. The highest BCUT2D eigenvalue weighted by molar-refractivity contribution is 6.05. The Morgan fingerprint density at radius 1 is 1.52 bits per heavy atom. The second-order valence-corrected chi connectivity index (χ2v) is 4.46. The van der Waals surface area contributed by atoms with Gasteiger partial charge in [0.2, 0.25) is 0 Å². The Bertz CT molecular complexity index is 737. The molecule has 0 bridgehead atoms. The normalized spacial score (nSPS) is 10.1. The van der Waals surface area contributed by atoms with Crippen LogP contribution < -0.4 is 5.32 Å². The monoisotopic (exact) mass is 286 g/mol. The number of ether oxygens (including phenoxy) is 1. The smallest absolute Gasteiger partial charge is 0.341 e. The zero-order valence-corrected chi connectivity index (χ0v) is 12.6. The van der Waals surface area contributed by atoms with Gasteiger partial charge in [-0.25, -0.2) is 9.78 Å². The lowest BCUT2D eigenvalue weighted by atomic mass is 10.1. The minimum absolute atomic E-state index is 0.317. The fraction of sp³-hybridized carbons (Fsp3) is 0.400. The second-order valence-electron chi connectivity index (χ2n) is 4.46. The number of carbonyl (C=O) groups excluding carboxylic acids is 1. The highest BCUT2D eigenvalue weighted by Gasteiger charge is 2.20. The van der Waals surface area contributed by atoms with E-state index in [4.69, 9.17) is 4.74 Å². The van der Waals surface area contributed by atoms with Gasteiger partial charge in [0.25, 0.3) is 0 Å². The second kappa shape index (κ2) is 6.27. The van der Waals surface area contributed by atoms with Crippen molar-refractivity contribution < 1.29 is 9.53 Å². The van der Waals surface area contributed by atoms with E-state index in [9.17, 15) is 4.79 Å². The molecular weight excluding hydrogens is 268 g/mol. The van der Waals surface area contributed by atoms with Crippen LogP contribution in [0.3, 0.4) is 0 Å². The summed E-state index contributed by atoms with van der Waals surface area (Å²) in [5.41, 5.74) is 2.59. The van der Waals surface area contributed by atoms with E-state index in [0.717, 1.165) is 11.1 Å². The summed E-state index contributed by atoms with van der Waals surface area (Å²) < 4.78 is 6.78. The average molecular weight is 286 g/mol. The molecule has 0 aliphatic rings. The number of carbonyl (C=O) groups is 1. The van der Waals surface area contributed by atoms with E-state index in [1.165, 1.54) is 6.20 Å². The van der Waals surface area contributed by atoms with Crippen LogP contribution in [0.1, 0.15) is 29.9 Å². The topological polar surface area (TPSA) is 69.0 Å². The van der Waals surface area contributed by atoms with Gasteiger partial charge in [-0.2, -0.15) is 5.10 Å². The Labute approximate surface area is 123 Å². The van der Waals surface area contributed by atoms with Crippen LogP contribution in [-0.2, 0) is 11.8 Å². The van der Waals surface area contributed by atoms with Crippen LogP contribution in [0.5, 0.6) is 0 Å². The first-order valence-electron chi connectivity index (χ1n) is 6.73. The molecule has 0 amide bonds. The SMILES string of the molecule is CC#CCNc1c(C(=O)OCC)cnc2c1c(C)nn2C. The highest BCUT2D eigenvalue weighted by Crippen LogP contribution is 2.28. The Kier molecular flexibility index (Phi) is 4.43. The van der Waals surface area contributed by atoms with Gasteiger partial charge >= 0.3 is 5.97 Å². The largest absolute Gasteiger partial charge is 0.462 e. The zero-order valence-electron chi connectivity index (χ0n) is 12.6. The summed E-state index contributed by atoms with van der Waals surface area (Å²) in [6, 6.07) is 0. The van der Waals surface area contributed by atoms with Gasteiger partial charge in [-0.1, -0.05) is 5.92 Å². The van der Waals surface area contributed by atoms with Gasteiger partial charge in [-0.05, 0) is 20.8 Å². The van der Waals surface area contributed by atoms with Crippen molar-refractivity contribution in [3.63, 3.8) is 0 Å². The summed E-state index contributed by atoms with van der Waals surface area (Å²) in [7, 11) is 1.82. The highest BCUT2D eigenvalue weighted by atomic mass is 16.5. The minimum Gasteiger partial charge on any atom is -0.462 e. The van der Waals surface area contributed by atoms with Crippen LogP contribution in [-0.4, -0.2) is 33.9 Å². The van der Waals surface area contributed by atoms with Gasteiger partial charge in [0, 0.05) is 13.2 Å². The number of rotatable bonds is 4. The van der Waals surface area contributed by atoms with Crippen molar-refractivity contribution in [1.82, 2.24) is 14.8 Å². The molecule has 0 aliphatic carbocycles. The van der Waals surface area contributed by atoms with E-state index in [1.807, 2.05) is 14.0 Å². The maximum atomic E-state index is 12.1. The number of esters is 1. The fourth-order valence-electron chi connectivity index (χ4n) is 2.18. The van der Waals surface area contributed by atoms with Crippen molar-refractivity contribution in [3.05, 3.63) is 17.5 Å². The van der Waals surface area contributed by atoms with Gasteiger partial charge in [-0.15, -0.1) is 5.92 Å². The summed E-state index contributed by atoms with van der Waals surface area (Å²) >= 11 is 0. The molecule has 110 valence electrons. The predicted molar refractivity (Wildman–Crippen MR) is 81.1 cm³/mol. The van der Waals surface area contributed by atoms with Crippen molar-refractivity contribution in [2.75, 3.05) is 18.5 Å². The molecule has 2 heterocycles. The maximum absolute atomic E-state index is 12.1.